The van der Waals surface area contributed by atoms with Gasteiger partial charge in [0, 0.05) is 19.5 Å². The molecule has 2 aromatic carbocycles. The highest BCUT2D eigenvalue weighted by Crippen LogP contribution is 2.39. The highest BCUT2D eigenvalue weighted by molar-refractivity contribution is 5.77. The van der Waals surface area contributed by atoms with Crippen molar-refractivity contribution in [2.75, 3.05) is 20.2 Å². The maximum absolute atomic E-state index is 12.7. The normalized spacial score (nSPS) is 25.6. The van der Waals surface area contributed by atoms with Gasteiger partial charge in [-0.15, -0.1) is 0 Å². The number of likely N-dealkylation sites (tertiary alicyclic amines) is 1. The van der Waals surface area contributed by atoms with Crippen LogP contribution in [-0.2, 0) is 11.2 Å². The molecule has 6 nitrogen and oxygen atoms in total. The van der Waals surface area contributed by atoms with Crippen molar-refractivity contribution in [2.45, 2.75) is 37.9 Å². The Hall–Kier alpha value is -2.73. The van der Waals surface area contributed by atoms with Crippen LogP contribution in [0.1, 0.15) is 24.8 Å². The van der Waals surface area contributed by atoms with Gasteiger partial charge in [-0.3, -0.25) is 4.79 Å². The lowest BCUT2D eigenvalue weighted by Gasteiger charge is -2.35. The number of hydrogen-bond donors (Lipinski definition) is 2. The van der Waals surface area contributed by atoms with E-state index in [4.69, 9.17) is 9.47 Å². The number of aliphatic hydroxyl groups excluding tert-OH is 1. The number of aliphatic hydroxyl groups is 1. The number of carbonyl (C=O) groups excluding carboxylic acids is 1. The third kappa shape index (κ3) is 4.38. The molecule has 0 aromatic heterocycles. The Labute approximate surface area is 177 Å². The number of aromatic hydroxyl groups is 1. The molecule has 0 radical (unpaired) electrons. The fourth-order valence-electron chi connectivity index (χ4n) is 4.72. The molecule has 6 heteroatoms. The van der Waals surface area contributed by atoms with Crippen LogP contribution in [0, 0.1) is 11.8 Å². The predicted molar refractivity (Wildman–Crippen MR) is 113 cm³/mol. The zero-order valence-corrected chi connectivity index (χ0v) is 17.2. The Morgan fingerprint density at radius 2 is 1.70 bits per heavy atom. The van der Waals surface area contributed by atoms with E-state index in [2.05, 4.69) is 0 Å². The quantitative estimate of drug-likeness (QED) is 0.764. The van der Waals surface area contributed by atoms with E-state index in [1.807, 2.05) is 41.3 Å². The SMILES string of the molecule is COc1ccccc1O[C@@H]1C[C@@H]2CN(C(=O)CCc3ccccc3O)C[C@@H]2C[C@H]1O. The summed E-state index contributed by atoms with van der Waals surface area (Å²) in [4.78, 5) is 14.7. The van der Waals surface area contributed by atoms with Crippen molar-refractivity contribution in [1.29, 1.82) is 0 Å². The standard InChI is InChI=1S/C24H29NO5/c1-29-21-8-4-5-9-22(21)30-23-13-18-15-25(14-17(18)12-20(23)27)24(28)11-10-16-6-2-3-7-19(16)26/h2-9,17-18,20,23,26-27H,10-15H2,1H3/t17-,18+,20+,23+/m0/s1. The van der Waals surface area contributed by atoms with E-state index in [1.54, 1.807) is 19.2 Å². The highest BCUT2D eigenvalue weighted by atomic mass is 16.5. The van der Waals surface area contributed by atoms with Crippen LogP contribution >= 0.6 is 0 Å². The number of benzene rings is 2. The zero-order valence-electron chi connectivity index (χ0n) is 17.2. The minimum absolute atomic E-state index is 0.101. The summed E-state index contributed by atoms with van der Waals surface area (Å²) >= 11 is 0. The van der Waals surface area contributed by atoms with E-state index >= 15 is 0 Å². The third-order valence-electron chi connectivity index (χ3n) is 6.38. The van der Waals surface area contributed by atoms with E-state index in [1.165, 1.54) is 0 Å². The van der Waals surface area contributed by atoms with Crippen LogP contribution in [-0.4, -0.2) is 53.4 Å². The molecule has 4 rings (SSSR count). The maximum Gasteiger partial charge on any atom is 0.222 e. The van der Waals surface area contributed by atoms with E-state index < -0.39 is 6.10 Å². The summed E-state index contributed by atoms with van der Waals surface area (Å²) in [5.41, 5.74) is 0.795. The van der Waals surface area contributed by atoms with Crippen LogP contribution in [0.2, 0.25) is 0 Å². The number of amides is 1. The Kier molecular flexibility index (Phi) is 6.13. The van der Waals surface area contributed by atoms with Gasteiger partial charge >= 0.3 is 0 Å². The average Bonchev–Trinajstić information content (AvgIpc) is 3.16. The Bertz CT molecular complexity index is 885. The summed E-state index contributed by atoms with van der Waals surface area (Å²) in [6.07, 6.45) is 1.38. The van der Waals surface area contributed by atoms with Crippen molar-refractivity contribution in [3.8, 4) is 17.2 Å². The van der Waals surface area contributed by atoms with Crippen molar-refractivity contribution in [1.82, 2.24) is 4.90 Å². The second kappa shape index (κ2) is 8.96. The van der Waals surface area contributed by atoms with Gasteiger partial charge in [0.05, 0.1) is 13.2 Å². The number of nitrogens with zero attached hydrogens (tertiary/aromatic N) is 1. The summed E-state index contributed by atoms with van der Waals surface area (Å²) in [5, 5.41) is 20.5. The number of phenols is 1. The van der Waals surface area contributed by atoms with Gasteiger partial charge in [-0.1, -0.05) is 30.3 Å². The smallest absolute Gasteiger partial charge is 0.222 e. The van der Waals surface area contributed by atoms with Crippen LogP contribution in [0.25, 0.3) is 0 Å². The first kappa shape index (κ1) is 20.5. The van der Waals surface area contributed by atoms with Crippen molar-refractivity contribution < 1.29 is 24.5 Å². The van der Waals surface area contributed by atoms with Gasteiger partial charge in [-0.25, -0.2) is 0 Å². The zero-order chi connectivity index (χ0) is 21.1. The molecule has 1 aliphatic carbocycles. The van der Waals surface area contributed by atoms with Gasteiger partial charge in [-0.05, 0) is 54.9 Å². The molecule has 1 saturated heterocycles. The molecule has 2 N–H and O–H groups in total. The molecule has 30 heavy (non-hydrogen) atoms. The molecule has 0 bridgehead atoms. The Morgan fingerprint density at radius 3 is 2.43 bits per heavy atom. The molecular weight excluding hydrogens is 382 g/mol. The second-order valence-electron chi connectivity index (χ2n) is 8.29. The Morgan fingerprint density at radius 1 is 1.03 bits per heavy atom. The van der Waals surface area contributed by atoms with Crippen LogP contribution in [0.5, 0.6) is 17.2 Å². The maximum atomic E-state index is 12.7. The molecule has 160 valence electrons. The molecule has 2 aromatic rings. The number of rotatable bonds is 6. The summed E-state index contributed by atoms with van der Waals surface area (Å²) in [6, 6.07) is 14.6. The first-order valence-electron chi connectivity index (χ1n) is 10.6. The average molecular weight is 411 g/mol. The molecule has 1 saturated carbocycles. The molecule has 1 heterocycles. The molecule has 2 fully saturated rings. The molecule has 1 amide bonds. The molecule has 0 spiro atoms. The van der Waals surface area contributed by atoms with Gasteiger partial charge in [-0.2, -0.15) is 0 Å². The van der Waals surface area contributed by atoms with Crippen molar-refractivity contribution in [2.24, 2.45) is 11.8 Å². The van der Waals surface area contributed by atoms with E-state index in [0.717, 1.165) is 5.56 Å². The predicted octanol–water partition coefficient (Wildman–Crippen LogP) is 3.01. The molecule has 0 unspecified atom stereocenters. The lowest BCUT2D eigenvalue weighted by atomic mass is 9.78. The fourth-order valence-corrected chi connectivity index (χ4v) is 4.72. The number of carbonyl (C=O) groups is 1. The van der Waals surface area contributed by atoms with E-state index in [-0.39, 0.29) is 17.8 Å². The van der Waals surface area contributed by atoms with Crippen molar-refractivity contribution >= 4 is 5.91 Å². The molecule has 1 aliphatic heterocycles. The van der Waals surface area contributed by atoms with Crippen molar-refractivity contribution in [3.05, 3.63) is 54.1 Å². The summed E-state index contributed by atoms with van der Waals surface area (Å²) in [5.74, 6) is 2.24. The lowest BCUT2D eigenvalue weighted by molar-refractivity contribution is -0.130. The highest BCUT2D eigenvalue weighted by Gasteiger charge is 2.43. The molecular formula is C24H29NO5. The van der Waals surface area contributed by atoms with E-state index in [9.17, 15) is 15.0 Å². The van der Waals surface area contributed by atoms with Gasteiger partial charge in [0.2, 0.25) is 5.91 Å². The van der Waals surface area contributed by atoms with Gasteiger partial charge in [0.15, 0.2) is 11.5 Å². The van der Waals surface area contributed by atoms with Crippen LogP contribution in [0.15, 0.2) is 48.5 Å². The molecule has 2 aliphatic rings. The van der Waals surface area contributed by atoms with Crippen LogP contribution < -0.4 is 9.47 Å². The van der Waals surface area contributed by atoms with E-state index in [0.29, 0.717) is 62.1 Å². The van der Waals surface area contributed by atoms with Gasteiger partial charge in [0.1, 0.15) is 11.9 Å². The fraction of sp³-hybridized carbons (Fsp3) is 0.458. The first-order valence-corrected chi connectivity index (χ1v) is 10.6. The van der Waals surface area contributed by atoms with Gasteiger partial charge < -0.3 is 24.6 Å². The van der Waals surface area contributed by atoms with Crippen molar-refractivity contribution in [3.63, 3.8) is 0 Å². The number of phenolic OH excluding ortho intramolecular Hbond substituents is 1. The molecule has 4 atom stereocenters. The number of ether oxygens (including phenoxy) is 2. The first-order chi connectivity index (χ1) is 14.5. The lowest BCUT2D eigenvalue weighted by Crippen LogP contribution is -2.42. The minimum Gasteiger partial charge on any atom is -0.508 e. The number of aryl methyl sites for hydroxylation is 1. The minimum atomic E-state index is -0.563. The van der Waals surface area contributed by atoms with Crippen LogP contribution in [0.3, 0.4) is 0 Å². The number of para-hydroxylation sites is 3. The Balaban J connectivity index is 1.34. The van der Waals surface area contributed by atoms with Crippen LogP contribution in [0.4, 0.5) is 0 Å². The second-order valence-corrected chi connectivity index (χ2v) is 8.29. The summed E-state index contributed by atoms with van der Waals surface area (Å²) in [6.45, 7) is 1.38. The third-order valence-corrected chi connectivity index (χ3v) is 6.38. The monoisotopic (exact) mass is 411 g/mol. The summed E-state index contributed by atoms with van der Waals surface area (Å²) in [7, 11) is 1.60. The van der Waals surface area contributed by atoms with Gasteiger partial charge in [0.25, 0.3) is 0 Å². The largest absolute Gasteiger partial charge is 0.508 e. The number of fused-ring (bicyclic) bond motifs is 1. The number of hydrogen-bond acceptors (Lipinski definition) is 5. The summed E-state index contributed by atoms with van der Waals surface area (Å²) < 4.78 is 11.5. The number of methoxy groups -OCH3 is 1. The topological polar surface area (TPSA) is 79.2 Å².